The average molecular weight is 167 g/mol. The van der Waals surface area contributed by atoms with Crippen molar-refractivity contribution < 1.29 is 4.79 Å². The Hall–Kier alpha value is -1.16. The molecule has 1 aromatic rings. The fourth-order valence-electron chi connectivity index (χ4n) is 0.949. The van der Waals surface area contributed by atoms with Gasteiger partial charge in [-0.25, -0.2) is 4.98 Å². The Kier molecular flexibility index (Phi) is 2.28. The Bertz CT molecular complexity index is 301. The van der Waals surface area contributed by atoms with E-state index in [1.54, 1.807) is 17.8 Å². The summed E-state index contributed by atoms with van der Waals surface area (Å²) in [5.74, 6) is -0.104. The summed E-state index contributed by atoms with van der Waals surface area (Å²) >= 11 is 0. The van der Waals surface area contributed by atoms with Gasteiger partial charge in [0.1, 0.15) is 5.69 Å². The zero-order chi connectivity index (χ0) is 9.30. The average Bonchev–Trinajstić information content (AvgIpc) is 2.32. The van der Waals surface area contributed by atoms with Crippen molar-refractivity contribution in [3.05, 3.63) is 17.7 Å². The van der Waals surface area contributed by atoms with Crippen molar-refractivity contribution in [3.8, 4) is 0 Å². The molecule has 12 heavy (non-hydrogen) atoms. The number of aryl methyl sites for hydroxylation is 1. The molecule has 0 fully saturated rings. The SMILES string of the molecule is Cc1c(C(=O)C(C)N)ncn1C. The van der Waals surface area contributed by atoms with Crippen molar-refractivity contribution in [2.24, 2.45) is 12.8 Å². The molecule has 0 spiro atoms. The second-order valence-electron chi connectivity index (χ2n) is 2.94. The summed E-state index contributed by atoms with van der Waals surface area (Å²) in [7, 11) is 1.85. The lowest BCUT2D eigenvalue weighted by Gasteiger charge is -2.02. The molecule has 0 aliphatic carbocycles. The third-order valence-electron chi connectivity index (χ3n) is 1.88. The van der Waals surface area contributed by atoms with Crippen LogP contribution in [0.2, 0.25) is 0 Å². The molecular formula is C8H13N3O. The lowest BCUT2D eigenvalue weighted by Crippen LogP contribution is -2.27. The van der Waals surface area contributed by atoms with Gasteiger partial charge in [-0.05, 0) is 13.8 Å². The maximum absolute atomic E-state index is 11.4. The quantitative estimate of drug-likeness (QED) is 0.642. The molecule has 66 valence electrons. The number of rotatable bonds is 2. The number of nitrogens with zero attached hydrogens (tertiary/aromatic N) is 2. The summed E-state index contributed by atoms with van der Waals surface area (Å²) in [5.41, 5.74) is 6.79. The lowest BCUT2D eigenvalue weighted by molar-refractivity contribution is 0.0963. The van der Waals surface area contributed by atoms with E-state index in [0.717, 1.165) is 5.69 Å². The summed E-state index contributed by atoms with van der Waals surface area (Å²) < 4.78 is 1.80. The molecule has 0 aliphatic heterocycles. The predicted molar refractivity (Wildman–Crippen MR) is 45.9 cm³/mol. The highest BCUT2D eigenvalue weighted by molar-refractivity contribution is 5.98. The zero-order valence-electron chi connectivity index (χ0n) is 7.53. The van der Waals surface area contributed by atoms with Crippen LogP contribution in [-0.4, -0.2) is 21.4 Å². The minimum atomic E-state index is -0.474. The molecule has 0 amide bonds. The monoisotopic (exact) mass is 167 g/mol. The first-order valence-corrected chi connectivity index (χ1v) is 3.81. The van der Waals surface area contributed by atoms with E-state index in [2.05, 4.69) is 4.98 Å². The van der Waals surface area contributed by atoms with Crippen LogP contribution in [-0.2, 0) is 7.05 Å². The van der Waals surface area contributed by atoms with Crippen LogP contribution in [0.25, 0.3) is 0 Å². The number of hydrogen-bond acceptors (Lipinski definition) is 3. The molecule has 0 aromatic carbocycles. The fourth-order valence-corrected chi connectivity index (χ4v) is 0.949. The molecule has 1 aromatic heterocycles. The zero-order valence-corrected chi connectivity index (χ0v) is 7.53. The number of hydrogen-bond donors (Lipinski definition) is 1. The third kappa shape index (κ3) is 1.38. The van der Waals surface area contributed by atoms with Crippen LogP contribution in [0.3, 0.4) is 0 Å². The largest absolute Gasteiger partial charge is 0.337 e. The smallest absolute Gasteiger partial charge is 0.199 e. The molecule has 4 nitrogen and oxygen atoms in total. The van der Waals surface area contributed by atoms with Gasteiger partial charge < -0.3 is 10.3 Å². The summed E-state index contributed by atoms with van der Waals surface area (Å²) in [6.45, 7) is 3.51. The van der Waals surface area contributed by atoms with Gasteiger partial charge in [0.2, 0.25) is 0 Å². The van der Waals surface area contributed by atoms with Crippen LogP contribution in [0, 0.1) is 6.92 Å². The van der Waals surface area contributed by atoms with Gasteiger partial charge in [-0.1, -0.05) is 0 Å². The number of nitrogens with two attached hydrogens (primary N) is 1. The number of carbonyl (C=O) groups excluding carboxylic acids is 1. The van der Waals surface area contributed by atoms with Crippen molar-refractivity contribution in [2.45, 2.75) is 19.9 Å². The van der Waals surface area contributed by atoms with Gasteiger partial charge in [0, 0.05) is 12.7 Å². The van der Waals surface area contributed by atoms with Crippen molar-refractivity contribution in [3.63, 3.8) is 0 Å². The van der Waals surface area contributed by atoms with Crippen LogP contribution >= 0.6 is 0 Å². The molecule has 0 saturated carbocycles. The van der Waals surface area contributed by atoms with Gasteiger partial charge in [0.05, 0.1) is 12.4 Å². The first-order chi connectivity index (χ1) is 5.54. The van der Waals surface area contributed by atoms with Crippen molar-refractivity contribution in [1.82, 2.24) is 9.55 Å². The highest BCUT2D eigenvalue weighted by Crippen LogP contribution is 2.06. The van der Waals surface area contributed by atoms with Crippen molar-refractivity contribution in [1.29, 1.82) is 0 Å². The second-order valence-corrected chi connectivity index (χ2v) is 2.94. The van der Waals surface area contributed by atoms with E-state index >= 15 is 0 Å². The fraction of sp³-hybridized carbons (Fsp3) is 0.500. The van der Waals surface area contributed by atoms with Gasteiger partial charge >= 0.3 is 0 Å². The van der Waals surface area contributed by atoms with Crippen LogP contribution in [0.15, 0.2) is 6.33 Å². The molecule has 2 N–H and O–H groups in total. The maximum Gasteiger partial charge on any atom is 0.199 e. The third-order valence-corrected chi connectivity index (χ3v) is 1.88. The normalized spacial score (nSPS) is 13.0. The number of ketones is 1. The molecule has 0 bridgehead atoms. The van der Waals surface area contributed by atoms with Crippen molar-refractivity contribution >= 4 is 5.78 Å². The van der Waals surface area contributed by atoms with Gasteiger partial charge in [0.15, 0.2) is 5.78 Å². The maximum atomic E-state index is 11.4. The molecule has 0 radical (unpaired) electrons. The lowest BCUT2D eigenvalue weighted by atomic mass is 10.1. The molecule has 1 atom stereocenters. The molecular weight excluding hydrogens is 154 g/mol. The minimum Gasteiger partial charge on any atom is -0.337 e. The number of imidazole rings is 1. The molecule has 0 aliphatic rings. The Morgan fingerprint density at radius 3 is 2.67 bits per heavy atom. The Balaban J connectivity index is 3.04. The molecule has 1 rings (SSSR count). The number of carbonyl (C=O) groups is 1. The number of Topliss-reactive ketones (excluding diaryl/α,β-unsaturated/α-hetero) is 1. The minimum absolute atomic E-state index is 0.104. The van der Waals surface area contributed by atoms with Gasteiger partial charge in [-0.2, -0.15) is 0 Å². The van der Waals surface area contributed by atoms with E-state index in [-0.39, 0.29) is 5.78 Å². The topological polar surface area (TPSA) is 60.9 Å². The summed E-state index contributed by atoms with van der Waals surface area (Å²) in [6.07, 6.45) is 1.62. The second kappa shape index (κ2) is 3.06. The van der Waals surface area contributed by atoms with Gasteiger partial charge in [-0.15, -0.1) is 0 Å². The highest BCUT2D eigenvalue weighted by atomic mass is 16.1. The van der Waals surface area contributed by atoms with E-state index in [4.69, 9.17) is 5.73 Å². The van der Waals surface area contributed by atoms with Gasteiger partial charge in [-0.3, -0.25) is 4.79 Å². The summed E-state index contributed by atoms with van der Waals surface area (Å²) in [4.78, 5) is 15.3. The Morgan fingerprint density at radius 1 is 1.75 bits per heavy atom. The molecule has 1 heterocycles. The van der Waals surface area contributed by atoms with E-state index in [1.165, 1.54) is 0 Å². The molecule has 0 saturated heterocycles. The summed E-state index contributed by atoms with van der Waals surface area (Å²) in [5, 5.41) is 0. The first kappa shape index (κ1) is 8.93. The number of aromatic nitrogens is 2. The first-order valence-electron chi connectivity index (χ1n) is 3.81. The van der Waals surface area contributed by atoms with Crippen LogP contribution < -0.4 is 5.73 Å². The standard InChI is InChI=1S/C8H13N3O/c1-5(9)8(12)7-6(2)11(3)4-10-7/h4-5H,9H2,1-3H3. The Morgan fingerprint density at radius 2 is 2.33 bits per heavy atom. The van der Waals surface area contributed by atoms with Crippen LogP contribution in [0.4, 0.5) is 0 Å². The van der Waals surface area contributed by atoms with E-state index in [0.29, 0.717) is 5.69 Å². The van der Waals surface area contributed by atoms with E-state index < -0.39 is 6.04 Å². The van der Waals surface area contributed by atoms with Gasteiger partial charge in [0.25, 0.3) is 0 Å². The van der Waals surface area contributed by atoms with Crippen LogP contribution in [0.1, 0.15) is 23.1 Å². The molecule has 1 unspecified atom stereocenters. The van der Waals surface area contributed by atoms with Crippen molar-refractivity contribution in [2.75, 3.05) is 0 Å². The van der Waals surface area contributed by atoms with E-state index in [9.17, 15) is 4.79 Å². The van der Waals surface area contributed by atoms with Crippen LogP contribution in [0.5, 0.6) is 0 Å². The van der Waals surface area contributed by atoms with E-state index in [1.807, 2.05) is 14.0 Å². The molecule has 4 heteroatoms. The predicted octanol–water partition coefficient (Wildman–Crippen LogP) is 0.258. The summed E-state index contributed by atoms with van der Waals surface area (Å²) in [6, 6.07) is -0.474. The highest BCUT2D eigenvalue weighted by Gasteiger charge is 2.16. The Labute approximate surface area is 71.4 Å².